The van der Waals surface area contributed by atoms with Gasteiger partial charge in [0.15, 0.2) is 0 Å². The third-order valence-electron chi connectivity index (χ3n) is 1.77. The third kappa shape index (κ3) is 3.68. The minimum absolute atomic E-state index is 0.0329. The summed E-state index contributed by atoms with van der Waals surface area (Å²) in [4.78, 5) is 0. The molecule has 0 unspecified atom stereocenters. The molecule has 0 heterocycles. The summed E-state index contributed by atoms with van der Waals surface area (Å²) in [5.41, 5.74) is 0.629. The molecule has 0 saturated heterocycles. The minimum Gasteiger partial charge on any atom is -0.234 e. The number of nitrogens with zero attached hydrogens (tertiary/aromatic N) is 1. The van der Waals surface area contributed by atoms with Crippen molar-refractivity contribution in [3.05, 3.63) is 34.6 Å². The fourth-order valence-corrected chi connectivity index (χ4v) is 1.58. The van der Waals surface area contributed by atoms with Crippen molar-refractivity contribution < 1.29 is 8.60 Å². The van der Waals surface area contributed by atoms with Gasteiger partial charge in [0.2, 0.25) is 0 Å². The Hall–Kier alpha value is -0.740. The lowest BCUT2D eigenvalue weighted by atomic mass is 10.2. The normalized spacial score (nSPS) is 14.3. The lowest BCUT2D eigenvalue weighted by Gasteiger charge is -2.12. The van der Waals surface area contributed by atoms with Crippen molar-refractivity contribution in [1.82, 2.24) is 0 Å². The molecule has 0 aliphatic heterocycles. The van der Waals surface area contributed by atoms with Crippen molar-refractivity contribution >= 4 is 28.8 Å². The predicted molar refractivity (Wildman–Crippen MR) is 66.9 cm³/mol. The molecule has 0 amide bonds. The Labute approximate surface area is 102 Å². The monoisotopic (exact) mass is 261 g/mol. The van der Waals surface area contributed by atoms with Gasteiger partial charge in [-0.1, -0.05) is 17.7 Å². The number of halogens is 2. The Bertz CT molecular complexity index is 440. The summed E-state index contributed by atoms with van der Waals surface area (Å²) >= 11 is 5.61. The summed E-state index contributed by atoms with van der Waals surface area (Å²) in [7, 11) is -1.32. The van der Waals surface area contributed by atoms with Crippen LogP contribution in [0.2, 0.25) is 5.02 Å². The Balaban J connectivity index is 2.85. The number of hydrogen-bond donors (Lipinski definition) is 0. The second-order valence-electron chi connectivity index (χ2n) is 4.27. The van der Waals surface area contributed by atoms with Crippen LogP contribution >= 0.6 is 11.6 Å². The maximum Gasteiger partial charge on any atom is 0.144 e. The smallest absolute Gasteiger partial charge is 0.144 e. The molecule has 1 aromatic rings. The van der Waals surface area contributed by atoms with E-state index in [-0.39, 0.29) is 5.02 Å². The van der Waals surface area contributed by atoms with Gasteiger partial charge in [0.25, 0.3) is 0 Å². The molecule has 0 spiro atoms. The summed E-state index contributed by atoms with van der Waals surface area (Å²) in [5, 5.41) is 0.0329. The van der Waals surface area contributed by atoms with E-state index in [1.165, 1.54) is 24.4 Å². The Morgan fingerprint density at radius 2 is 2.06 bits per heavy atom. The van der Waals surface area contributed by atoms with Crippen LogP contribution in [0.15, 0.2) is 22.6 Å². The second kappa shape index (κ2) is 5.06. The Kier molecular flexibility index (Phi) is 4.21. The van der Waals surface area contributed by atoms with E-state index in [1.807, 2.05) is 20.8 Å². The van der Waals surface area contributed by atoms with Crippen molar-refractivity contribution in [3.8, 4) is 0 Å². The molecule has 0 bridgehead atoms. The fraction of sp³-hybridized carbons (Fsp3) is 0.364. The summed E-state index contributed by atoms with van der Waals surface area (Å²) in [6.45, 7) is 5.49. The van der Waals surface area contributed by atoms with Gasteiger partial charge in [-0.3, -0.25) is 0 Å². The summed E-state index contributed by atoms with van der Waals surface area (Å²) in [6.07, 6.45) is 1.44. The van der Waals surface area contributed by atoms with Crippen LogP contribution in [-0.4, -0.2) is 15.2 Å². The predicted octanol–water partition coefficient (Wildman–Crippen LogP) is 3.36. The van der Waals surface area contributed by atoms with E-state index in [1.54, 1.807) is 0 Å². The third-order valence-corrected chi connectivity index (χ3v) is 3.40. The molecule has 0 aliphatic rings. The van der Waals surface area contributed by atoms with E-state index in [4.69, 9.17) is 11.6 Å². The first-order chi connectivity index (χ1) is 7.30. The van der Waals surface area contributed by atoms with Gasteiger partial charge >= 0.3 is 0 Å². The quantitative estimate of drug-likeness (QED) is 0.751. The molecule has 0 aliphatic carbocycles. The standard InChI is InChI=1S/C11H13ClFNOS/c1-11(2,3)16(15)14-7-8-4-5-10(13)9(12)6-8/h4-7H,1-3H3/t16-/m1/s1. The highest BCUT2D eigenvalue weighted by atomic mass is 35.5. The molecule has 5 heteroatoms. The van der Waals surface area contributed by atoms with Crippen molar-refractivity contribution in [3.63, 3.8) is 0 Å². The Morgan fingerprint density at radius 1 is 1.44 bits per heavy atom. The van der Waals surface area contributed by atoms with Gasteiger partial charge < -0.3 is 0 Å². The molecule has 1 atom stereocenters. The van der Waals surface area contributed by atoms with Gasteiger partial charge in [-0.25, -0.2) is 8.60 Å². The first-order valence-electron chi connectivity index (χ1n) is 4.72. The van der Waals surface area contributed by atoms with Crippen molar-refractivity contribution in [2.24, 2.45) is 4.40 Å². The van der Waals surface area contributed by atoms with Gasteiger partial charge in [0, 0.05) is 6.21 Å². The molecule has 16 heavy (non-hydrogen) atoms. The number of rotatable bonds is 2. The van der Waals surface area contributed by atoms with Gasteiger partial charge in [-0.05, 0) is 38.5 Å². The lowest BCUT2D eigenvalue weighted by molar-refractivity contribution is 0.628. The average molecular weight is 262 g/mol. The van der Waals surface area contributed by atoms with Crippen LogP contribution in [0.25, 0.3) is 0 Å². The minimum atomic E-state index is -1.32. The molecular formula is C11H13ClFNOS. The zero-order valence-electron chi connectivity index (χ0n) is 9.33. The van der Waals surface area contributed by atoms with Gasteiger partial charge in [0.05, 0.1) is 9.77 Å². The molecule has 0 aromatic heterocycles. The van der Waals surface area contributed by atoms with Crippen LogP contribution in [-0.2, 0) is 11.0 Å². The summed E-state index contributed by atoms with van der Waals surface area (Å²) in [6, 6.07) is 4.23. The second-order valence-corrected chi connectivity index (χ2v) is 6.61. The van der Waals surface area contributed by atoms with Crippen LogP contribution < -0.4 is 0 Å². The van der Waals surface area contributed by atoms with Gasteiger partial charge in [0.1, 0.15) is 16.8 Å². The van der Waals surface area contributed by atoms with Crippen LogP contribution in [0.3, 0.4) is 0 Å². The molecular weight excluding hydrogens is 249 g/mol. The average Bonchev–Trinajstić information content (AvgIpc) is 2.18. The van der Waals surface area contributed by atoms with Crippen LogP contribution in [0.4, 0.5) is 4.39 Å². The highest BCUT2D eigenvalue weighted by Gasteiger charge is 2.18. The first kappa shape index (κ1) is 13.3. The van der Waals surface area contributed by atoms with Gasteiger partial charge in [-0.15, -0.1) is 0 Å². The molecule has 1 rings (SSSR count). The molecule has 0 N–H and O–H groups in total. The van der Waals surface area contributed by atoms with Crippen LogP contribution in [0.5, 0.6) is 0 Å². The van der Waals surface area contributed by atoms with E-state index in [0.717, 1.165) is 0 Å². The van der Waals surface area contributed by atoms with Crippen LogP contribution in [0.1, 0.15) is 26.3 Å². The number of hydrogen-bond acceptors (Lipinski definition) is 1. The zero-order valence-corrected chi connectivity index (χ0v) is 10.9. The first-order valence-corrected chi connectivity index (χ1v) is 6.20. The maximum absolute atomic E-state index is 12.9. The molecule has 1 aromatic carbocycles. The highest BCUT2D eigenvalue weighted by molar-refractivity contribution is 7.85. The summed E-state index contributed by atoms with van der Waals surface area (Å²) < 4.78 is 27.9. The highest BCUT2D eigenvalue weighted by Crippen LogP contribution is 2.16. The summed E-state index contributed by atoms with van der Waals surface area (Å²) in [5.74, 6) is -0.476. The van der Waals surface area contributed by atoms with Crippen LogP contribution in [0, 0.1) is 5.82 Å². The fourth-order valence-electron chi connectivity index (χ4n) is 0.860. The molecule has 0 fully saturated rings. The van der Waals surface area contributed by atoms with Gasteiger partial charge in [-0.2, -0.15) is 4.40 Å². The van der Waals surface area contributed by atoms with Crippen molar-refractivity contribution in [2.45, 2.75) is 25.5 Å². The van der Waals surface area contributed by atoms with E-state index in [9.17, 15) is 8.60 Å². The molecule has 0 saturated carbocycles. The topological polar surface area (TPSA) is 29.4 Å². The van der Waals surface area contributed by atoms with E-state index in [0.29, 0.717) is 5.56 Å². The molecule has 0 radical (unpaired) electrons. The van der Waals surface area contributed by atoms with Crippen molar-refractivity contribution in [2.75, 3.05) is 0 Å². The SMILES string of the molecule is CC(C)(C)[S@@](=O)N=Cc1ccc(F)c(Cl)c1. The lowest BCUT2D eigenvalue weighted by Crippen LogP contribution is -2.19. The van der Waals surface area contributed by atoms with E-state index in [2.05, 4.69) is 4.40 Å². The Morgan fingerprint density at radius 3 is 2.56 bits per heavy atom. The largest absolute Gasteiger partial charge is 0.234 e. The molecule has 2 nitrogen and oxygen atoms in total. The van der Waals surface area contributed by atoms with Crippen molar-refractivity contribution in [1.29, 1.82) is 0 Å². The molecule has 88 valence electrons. The zero-order chi connectivity index (χ0) is 12.3. The van der Waals surface area contributed by atoms with E-state index >= 15 is 0 Å². The van der Waals surface area contributed by atoms with E-state index < -0.39 is 21.5 Å². The number of benzene rings is 1. The maximum atomic E-state index is 12.9.